The number of halogens is 1. The first kappa shape index (κ1) is 15.1. The standard InChI is InChI=1S/C13H17FN2O3/c1-13(2,3)19-12(18)16-8-4-5-10(14)9(6-8)11(17)7-15/h4-6H,7,15H2,1-3H3,(H,16,18). The lowest BCUT2D eigenvalue weighted by Crippen LogP contribution is -2.27. The number of ether oxygens (including phenoxy) is 1. The summed E-state index contributed by atoms with van der Waals surface area (Å²) in [6, 6.07) is 3.66. The zero-order chi connectivity index (χ0) is 14.6. The van der Waals surface area contributed by atoms with Crippen LogP contribution in [0.1, 0.15) is 31.1 Å². The van der Waals surface area contributed by atoms with Crippen LogP contribution in [-0.4, -0.2) is 24.0 Å². The maximum Gasteiger partial charge on any atom is 0.412 e. The molecule has 5 nitrogen and oxygen atoms in total. The number of ketones is 1. The Morgan fingerprint density at radius 1 is 1.37 bits per heavy atom. The number of Topliss-reactive ketones (excluding diaryl/α,β-unsaturated/α-hetero) is 1. The Morgan fingerprint density at radius 3 is 2.53 bits per heavy atom. The highest BCUT2D eigenvalue weighted by Gasteiger charge is 2.17. The summed E-state index contributed by atoms with van der Waals surface area (Å²) in [5.41, 5.74) is 4.65. The van der Waals surface area contributed by atoms with Gasteiger partial charge in [-0.2, -0.15) is 0 Å². The molecule has 0 aliphatic rings. The van der Waals surface area contributed by atoms with E-state index in [0.29, 0.717) is 0 Å². The molecule has 6 heteroatoms. The van der Waals surface area contributed by atoms with Gasteiger partial charge < -0.3 is 10.5 Å². The number of benzene rings is 1. The van der Waals surface area contributed by atoms with Crippen LogP contribution in [0.4, 0.5) is 14.9 Å². The number of hydrogen-bond donors (Lipinski definition) is 2. The molecule has 19 heavy (non-hydrogen) atoms. The lowest BCUT2D eigenvalue weighted by atomic mass is 10.1. The molecule has 0 bridgehead atoms. The predicted octanol–water partition coefficient (Wildman–Crippen LogP) is 2.31. The third-order valence-corrected chi connectivity index (χ3v) is 2.10. The molecule has 0 aliphatic heterocycles. The molecule has 1 amide bonds. The first-order valence-corrected chi connectivity index (χ1v) is 5.76. The minimum Gasteiger partial charge on any atom is -0.444 e. The molecule has 0 aliphatic carbocycles. The summed E-state index contributed by atoms with van der Waals surface area (Å²) in [7, 11) is 0. The molecule has 0 saturated heterocycles. The van der Waals surface area contributed by atoms with E-state index in [-0.39, 0.29) is 17.8 Å². The monoisotopic (exact) mass is 268 g/mol. The summed E-state index contributed by atoms with van der Waals surface area (Å²) < 4.78 is 18.4. The van der Waals surface area contributed by atoms with Crippen molar-refractivity contribution in [1.29, 1.82) is 0 Å². The molecule has 0 aromatic heterocycles. The maximum atomic E-state index is 13.4. The van der Waals surface area contributed by atoms with Crippen LogP contribution >= 0.6 is 0 Å². The fourth-order valence-electron chi connectivity index (χ4n) is 1.35. The largest absolute Gasteiger partial charge is 0.444 e. The summed E-state index contributed by atoms with van der Waals surface area (Å²) >= 11 is 0. The van der Waals surface area contributed by atoms with Gasteiger partial charge in [-0.05, 0) is 39.0 Å². The molecule has 1 rings (SSSR count). The van der Waals surface area contributed by atoms with Gasteiger partial charge in [-0.3, -0.25) is 10.1 Å². The van der Waals surface area contributed by atoms with Crippen molar-refractivity contribution in [1.82, 2.24) is 0 Å². The second kappa shape index (κ2) is 5.79. The van der Waals surface area contributed by atoms with Gasteiger partial charge in [-0.1, -0.05) is 0 Å². The van der Waals surface area contributed by atoms with Crippen LogP contribution in [0.5, 0.6) is 0 Å². The Hall–Kier alpha value is -1.95. The number of carbonyl (C=O) groups excluding carboxylic acids is 2. The number of rotatable bonds is 3. The van der Waals surface area contributed by atoms with Crippen molar-refractivity contribution in [2.24, 2.45) is 5.73 Å². The fraction of sp³-hybridized carbons (Fsp3) is 0.385. The molecule has 0 saturated carbocycles. The molecule has 3 N–H and O–H groups in total. The van der Waals surface area contributed by atoms with E-state index in [1.54, 1.807) is 20.8 Å². The normalized spacial score (nSPS) is 11.0. The summed E-state index contributed by atoms with van der Waals surface area (Å²) in [5.74, 6) is -1.21. The fourth-order valence-corrected chi connectivity index (χ4v) is 1.35. The van der Waals surface area contributed by atoms with E-state index in [2.05, 4.69) is 5.32 Å². The minimum absolute atomic E-state index is 0.156. The number of hydrogen-bond acceptors (Lipinski definition) is 4. The zero-order valence-electron chi connectivity index (χ0n) is 11.1. The van der Waals surface area contributed by atoms with Gasteiger partial charge in [-0.25, -0.2) is 9.18 Å². The van der Waals surface area contributed by atoms with Crippen LogP contribution in [-0.2, 0) is 4.74 Å². The molecule has 104 valence electrons. The second-order valence-corrected chi connectivity index (χ2v) is 4.95. The number of carbonyl (C=O) groups is 2. The van der Waals surface area contributed by atoms with Crippen molar-refractivity contribution >= 4 is 17.6 Å². The van der Waals surface area contributed by atoms with E-state index < -0.39 is 23.3 Å². The topological polar surface area (TPSA) is 81.4 Å². The number of nitrogens with one attached hydrogen (secondary N) is 1. The van der Waals surface area contributed by atoms with Crippen molar-refractivity contribution in [2.45, 2.75) is 26.4 Å². The first-order valence-electron chi connectivity index (χ1n) is 5.76. The van der Waals surface area contributed by atoms with E-state index in [4.69, 9.17) is 10.5 Å². The quantitative estimate of drug-likeness (QED) is 0.824. The second-order valence-electron chi connectivity index (χ2n) is 4.95. The average Bonchev–Trinajstić information content (AvgIpc) is 2.28. The highest BCUT2D eigenvalue weighted by molar-refractivity contribution is 5.99. The Kier molecular flexibility index (Phi) is 4.61. The molecule has 1 aromatic carbocycles. The Morgan fingerprint density at radius 2 is 2.00 bits per heavy atom. The first-order chi connectivity index (χ1) is 8.73. The summed E-state index contributed by atoms with van der Waals surface area (Å²) in [6.07, 6.45) is -0.676. The molecule has 0 radical (unpaired) electrons. The lowest BCUT2D eigenvalue weighted by Gasteiger charge is -2.19. The molecule has 0 atom stereocenters. The van der Waals surface area contributed by atoms with E-state index in [1.807, 2.05) is 0 Å². The van der Waals surface area contributed by atoms with Crippen LogP contribution < -0.4 is 11.1 Å². The summed E-state index contributed by atoms with van der Waals surface area (Å²) in [4.78, 5) is 22.9. The highest BCUT2D eigenvalue weighted by Crippen LogP contribution is 2.16. The van der Waals surface area contributed by atoms with Crippen LogP contribution in [0.15, 0.2) is 18.2 Å². The molecule has 0 heterocycles. The number of anilines is 1. The van der Waals surface area contributed by atoms with Crippen molar-refractivity contribution < 1.29 is 18.7 Å². The van der Waals surface area contributed by atoms with Gasteiger partial charge in [0.25, 0.3) is 0 Å². The summed E-state index contributed by atoms with van der Waals surface area (Å²) in [6.45, 7) is 4.87. The van der Waals surface area contributed by atoms with Crippen molar-refractivity contribution in [3.8, 4) is 0 Å². The van der Waals surface area contributed by atoms with Crippen LogP contribution in [0.3, 0.4) is 0 Å². The van der Waals surface area contributed by atoms with E-state index >= 15 is 0 Å². The Bertz CT molecular complexity index is 495. The van der Waals surface area contributed by atoms with Gasteiger partial charge in [-0.15, -0.1) is 0 Å². The van der Waals surface area contributed by atoms with Gasteiger partial charge in [0, 0.05) is 5.69 Å². The summed E-state index contributed by atoms with van der Waals surface area (Å²) in [5, 5.41) is 2.42. The van der Waals surface area contributed by atoms with E-state index in [9.17, 15) is 14.0 Å². The maximum absolute atomic E-state index is 13.4. The smallest absolute Gasteiger partial charge is 0.412 e. The Balaban J connectivity index is 2.86. The highest BCUT2D eigenvalue weighted by atomic mass is 19.1. The molecule has 0 spiro atoms. The van der Waals surface area contributed by atoms with Crippen molar-refractivity contribution in [3.05, 3.63) is 29.6 Å². The Labute approximate surface area is 110 Å². The van der Waals surface area contributed by atoms with Crippen LogP contribution in [0.2, 0.25) is 0 Å². The molecule has 0 unspecified atom stereocenters. The molecule has 0 fully saturated rings. The zero-order valence-corrected chi connectivity index (χ0v) is 11.1. The van der Waals surface area contributed by atoms with E-state index in [0.717, 1.165) is 6.07 Å². The average molecular weight is 268 g/mol. The van der Waals surface area contributed by atoms with Gasteiger partial charge in [0.05, 0.1) is 12.1 Å². The molecular formula is C13H17FN2O3. The molecule has 1 aromatic rings. The van der Waals surface area contributed by atoms with Crippen molar-refractivity contribution in [2.75, 3.05) is 11.9 Å². The number of nitrogens with two attached hydrogens (primary N) is 1. The third-order valence-electron chi connectivity index (χ3n) is 2.10. The van der Waals surface area contributed by atoms with Crippen molar-refractivity contribution in [3.63, 3.8) is 0 Å². The van der Waals surface area contributed by atoms with Gasteiger partial charge in [0.2, 0.25) is 0 Å². The van der Waals surface area contributed by atoms with Gasteiger partial charge >= 0.3 is 6.09 Å². The third kappa shape index (κ3) is 4.67. The SMILES string of the molecule is CC(C)(C)OC(=O)Nc1ccc(F)c(C(=O)CN)c1. The lowest BCUT2D eigenvalue weighted by molar-refractivity contribution is 0.0635. The van der Waals surface area contributed by atoms with E-state index in [1.165, 1.54) is 12.1 Å². The predicted molar refractivity (Wildman–Crippen MR) is 69.6 cm³/mol. The number of amides is 1. The molecular weight excluding hydrogens is 251 g/mol. The van der Waals surface area contributed by atoms with Gasteiger partial charge in [0.15, 0.2) is 5.78 Å². The van der Waals surface area contributed by atoms with Crippen LogP contribution in [0.25, 0.3) is 0 Å². The van der Waals surface area contributed by atoms with Crippen LogP contribution in [0, 0.1) is 5.82 Å². The minimum atomic E-state index is -0.676. The van der Waals surface area contributed by atoms with Gasteiger partial charge in [0.1, 0.15) is 11.4 Å².